The Morgan fingerprint density at radius 2 is 2.00 bits per heavy atom. The summed E-state index contributed by atoms with van der Waals surface area (Å²) in [6.07, 6.45) is 2.46. The summed E-state index contributed by atoms with van der Waals surface area (Å²) in [5.74, 6) is 0. The minimum atomic E-state index is 0.583. The number of amides is 1. The van der Waals surface area contributed by atoms with Crippen LogP contribution in [0.5, 0.6) is 0 Å². The number of hydrogen-bond donors (Lipinski definition) is 2. The number of nitriles is 1. The SMILES string of the molecule is Cc1c(CN2CCNCC2)cc(C#N)cc1NC=O.Cc1cnc(C)c(Cl)c1. The molecule has 2 N–H and O–H groups in total. The number of anilines is 1. The molecule has 1 aliphatic heterocycles. The summed E-state index contributed by atoms with van der Waals surface area (Å²) in [4.78, 5) is 17.0. The van der Waals surface area contributed by atoms with Crippen molar-refractivity contribution < 1.29 is 4.79 Å². The summed E-state index contributed by atoms with van der Waals surface area (Å²) in [7, 11) is 0. The van der Waals surface area contributed by atoms with Crippen molar-refractivity contribution in [3.63, 3.8) is 0 Å². The highest BCUT2D eigenvalue weighted by atomic mass is 35.5. The first-order chi connectivity index (χ1) is 13.4. The molecule has 1 aliphatic rings. The van der Waals surface area contributed by atoms with Crippen LogP contribution in [-0.2, 0) is 11.3 Å². The molecule has 2 aromatic rings. The van der Waals surface area contributed by atoms with E-state index in [1.165, 1.54) is 0 Å². The van der Waals surface area contributed by atoms with Gasteiger partial charge in [0.2, 0.25) is 6.41 Å². The lowest BCUT2D eigenvalue weighted by Crippen LogP contribution is -2.43. The lowest BCUT2D eigenvalue weighted by Gasteiger charge is -2.28. The molecule has 0 spiro atoms. The van der Waals surface area contributed by atoms with Crippen LogP contribution in [0.2, 0.25) is 5.02 Å². The highest BCUT2D eigenvalue weighted by Gasteiger charge is 2.13. The first-order valence-electron chi connectivity index (χ1n) is 9.20. The van der Waals surface area contributed by atoms with Crippen molar-refractivity contribution in [2.45, 2.75) is 27.3 Å². The number of halogens is 1. The van der Waals surface area contributed by atoms with Crippen molar-refractivity contribution in [2.24, 2.45) is 0 Å². The van der Waals surface area contributed by atoms with Crippen LogP contribution in [0.3, 0.4) is 0 Å². The van der Waals surface area contributed by atoms with Crippen LogP contribution in [0, 0.1) is 32.1 Å². The molecule has 1 fully saturated rings. The number of benzene rings is 1. The monoisotopic (exact) mass is 399 g/mol. The molecule has 2 heterocycles. The first-order valence-corrected chi connectivity index (χ1v) is 9.58. The molecule has 1 saturated heterocycles. The van der Waals surface area contributed by atoms with Gasteiger partial charge in [-0.25, -0.2) is 0 Å². The van der Waals surface area contributed by atoms with Gasteiger partial charge >= 0.3 is 0 Å². The number of piperazine rings is 1. The van der Waals surface area contributed by atoms with Gasteiger partial charge in [0.1, 0.15) is 0 Å². The van der Waals surface area contributed by atoms with E-state index in [1.54, 1.807) is 12.3 Å². The summed E-state index contributed by atoms with van der Waals surface area (Å²) >= 11 is 5.75. The molecule has 3 rings (SSSR count). The van der Waals surface area contributed by atoms with E-state index in [0.29, 0.717) is 12.0 Å². The molecule has 1 aromatic heterocycles. The van der Waals surface area contributed by atoms with E-state index >= 15 is 0 Å². The normalized spacial score (nSPS) is 13.8. The lowest BCUT2D eigenvalue weighted by atomic mass is 10.0. The maximum atomic E-state index is 10.6. The topological polar surface area (TPSA) is 81.0 Å². The number of nitrogens with one attached hydrogen (secondary N) is 2. The molecule has 0 aliphatic carbocycles. The van der Waals surface area contributed by atoms with Gasteiger partial charge in [-0.05, 0) is 55.7 Å². The van der Waals surface area contributed by atoms with Gasteiger partial charge in [-0.3, -0.25) is 14.7 Å². The molecule has 28 heavy (non-hydrogen) atoms. The lowest BCUT2D eigenvalue weighted by molar-refractivity contribution is -0.105. The van der Waals surface area contributed by atoms with Gasteiger partial charge in [0.05, 0.1) is 22.3 Å². The number of aryl methyl sites for hydroxylation is 2. The van der Waals surface area contributed by atoms with Crippen LogP contribution >= 0.6 is 11.6 Å². The molecule has 0 unspecified atom stereocenters. The van der Waals surface area contributed by atoms with E-state index in [1.807, 2.05) is 32.9 Å². The molecule has 0 atom stereocenters. The van der Waals surface area contributed by atoms with Crippen LogP contribution < -0.4 is 10.6 Å². The maximum Gasteiger partial charge on any atom is 0.211 e. The van der Waals surface area contributed by atoms with Crippen LogP contribution in [-0.4, -0.2) is 42.5 Å². The van der Waals surface area contributed by atoms with Crippen molar-refractivity contribution in [3.05, 3.63) is 57.4 Å². The zero-order chi connectivity index (χ0) is 20.5. The molecular weight excluding hydrogens is 374 g/mol. The molecule has 7 heteroatoms. The van der Waals surface area contributed by atoms with Gasteiger partial charge in [-0.15, -0.1) is 0 Å². The molecule has 0 radical (unpaired) electrons. The standard InChI is InChI=1S/C14H18N4O.C7H8ClN/c1-11-13(9-18-4-2-16-3-5-18)6-12(8-15)7-14(11)17-10-19;1-5-3-7(8)6(2)9-4-5/h6-7,10,16H,2-5,9H2,1H3,(H,17,19);3-4H,1-2H3. The van der Waals surface area contributed by atoms with Gasteiger partial charge in [-0.1, -0.05) is 11.6 Å². The highest BCUT2D eigenvalue weighted by molar-refractivity contribution is 6.31. The average molecular weight is 400 g/mol. The van der Waals surface area contributed by atoms with Crippen LogP contribution in [0.15, 0.2) is 24.4 Å². The zero-order valence-electron chi connectivity index (χ0n) is 16.6. The van der Waals surface area contributed by atoms with E-state index in [4.69, 9.17) is 16.9 Å². The predicted molar refractivity (Wildman–Crippen MR) is 112 cm³/mol. The Balaban J connectivity index is 0.000000261. The molecule has 0 bridgehead atoms. The van der Waals surface area contributed by atoms with Crippen molar-refractivity contribution in [2.75, 3.05) is 31.5 Å². The largest absolute Gasteiger partial charge is 0.328 e. The molecule has 0 saturated carbocycles. The molecule has 148 valence electrons. The van der Waals surface area contributed by atoms with Crippen molar-refractivity contribution >= 4 is 23.7 Å². The molecule has 6 nitrogen and oxygen atoms in total. The number of hydrogen-bond acceptors (Lipinski definition) is 5. The molecular formula is C21H26ClN5O. The van der Waals surface area contributed by atoms with Crippen molar-refractivity contribution in [1.82, 2.24) is 15.2 Å². The third kappa shape index (κ3) is 6.31. The van der Waals surface area contributed by atoms with Crippen LogP contribution in [0.25, 0.3) is 0 Å². The Kier molecular flexibility index (Phi) is 8.40. The minimum absolute atomic E-state index is 0.583. The fourth-order valence-corrected chi connectivity index (χ4v) is 3.15. The van der Waals surface area contributed by atoms with E-state index in [9.17, 15) is 4.79 Å². The number of nitrogens with zero attached hydrogens (tertiary/aromatic N) is 3. The van der Waals surface area contributed by atoms with Gasteiger partial charge in [0.25, 0.3) is 0 Å². The summed E-state index contributed by atoms with van der Waals surface area (Å²) in [6.45, 7) is 10.7. The minimum Gasteiger partial charge on any atom is -0.328 e. The van der Waals surface area contributed by atoms with Crippen LogP contribution in [0.1, 0.15) is 27.9 Å². The van der Waals surface area contributed by atoms with E-state index in [-0.39, 0.29) is 0 Å². The quantitative estimate of drug-likeness (QED) is 0.771. The van der Waals surface area contributed by atoms with E-state index < -0.39 is 0 Å². The smallest absolute Gasteiger partial charge is 0.211 e. The summed E-state index contributed by atoms with van der Waals surface area (Å²) in [5, 5.41) is 15.8. The average Bonchev–Trinajstić information content (AvgIpc) is 2.69. The number of carbonyl (C=O) groups excluding carboxylic acids is 1. The summed E-state index contributed by atoms with van der Waals surface area (Å²) < 4.78 is 0. The zero-order valence-corrected chi connectivity index (χ0v) is 17.3. The van der Waals surface area contributed by atoms with E-state index in [2.05, 4.69) is 26.6 Å². The highest BCUT2D eigenvalue weighted by Crippen LogP contribution is 2.22. The van der Waals surface area contributed by atoms with Crippen molar-refractivity contribution in [1.29, 1.82) is 5.26 Å². The second kappa shape index (κ2) is 10.8. The fraction of sp³-hybridized carbons (Fsp3) is 0.381. The molecule has 1 amide bonds. The number of carbonyl (C=O) groups is 1. The van der Waals surface area contributed by atoms with Gasteiger partial charge < -0.3 is 10.6 Å². The second-order valence-corrected chi connectivity index (χ2v) is 7.20. The molecule has 1 aromatic carbocycles. The fourth-order valence-electron chi connectivity index (χ4n) is 2.93. The maximum absolute atomic E-state index is 10.6. The Hall–Kier alpha value is -2.46. The van der Waals surface area contributed by atoms with Crippen LogP contribution in [0.4, 0.5) is 5.69 Å². The summed E-state index contributed by atoms with van der Waals surface area (Å²) in [5.41, 5.74) is 5.43. The van der Waals surface area contributed by atoms with Gasteiger partial charge in [-0.2, -0.15) is 5.26 Å². The predicted octanol–water partition coefficient (Wildman–Crippen LogP) is 3.19. The van der Waals surface area contributed by atoms with Gasteiger partial charge in [0, 0.05) is 44.6 Å². The number of rotatable bonds is 4. The third-order valence-corrected chi connectivity index (χ3v) is 5.01. The van der Waals surface area contributed by atoms with Gasteiger partial charge in [0.15, 0.2) is 0 Å². The number of aromatic nitrogens is 1. The Morgan fingerprint density at radius 3 is 2.57 bits per heavy atom. The Labute approximate surface area is 171 Å². The summed E-state index contributed by atoms with van der Waals surface area (Å²) in [6, 6.07) is 7.67. The first kappa shape index (κ1) is 21.8. The second-order valence-electron chi connectivity index (χ2n) is 6.79. The van der Waals surface area contributed by atoms with E-state index in [0.717, 1.165) is 65.8 Å². The Morgan fingerprint density at radius 1 is 1.29 bits per heavy atom. The Bertz CT molecular complexity index is 857. The van der Waals surface area contributed by atoms with Crippen molar-refractivity contribution in [3.8, 4) is 6.07 Å². The third-order valence-electron chi connectivity index (χ3n) is 4.62. The number of pyridine rings is 1.